The van der Waals surface area contributed by atoms with E-state index in [4.69, 9.17) is 20.4 Å². The summed E-state index contributed by atoms with van der Waals surface area (Å²) in [6.07, 6.45) is -2.19. The monoisotopic (exact) mass is 242 g/mol. The molecule has 1 aliphatic rings. The summed E-state index contributed by atoms with van der Waals surface area (Å²) >= 11 is 0. The van der Waals surface area contributed by atoms with Gasteiger partial charge in [-0.15, -0.1) is 0 Å². The Hall–Kier alpha value is -1.48. The zero-order chi connectivity index (χ0) is 19.2. The van der Waals surface area contributed by atoms with Crippen molar-refractivity contribution in [3.63, 3.8) is 0 Å². The standard InChI is InChI=1S/C14H18O3/c1-14(2,3)13(15)7-5-10-4-6-11-12(8-10)17-9-16-11/h4-8,13,15H,9H2,1-3H3/b7-5+/i1D3,2D3,5D,7D. The van der Waals surface area contributed by atoms with Crippen molar-refractivity contribution in [2.75, 3.05) is 6.79 Å². The first kappa shape index (κ1) is 5.44. The lowest BCUT2D eigenvalue weighted by atomic mass is 9.89. The number of hydrogen-bond donors (Lipinski definition) is 1. The van der Waals surface area contributed by atoms with E-state index in [1.165, 1.54) is 18.2 Å². The van der Waals surface area contributed by atoms with Gasteiger partial charge < -0.3 is 14.6 Å². The molecule has 1 aliphatic heterocycles. The van der Waals surface area contributed by atoms with Crippen LogP contribution in [0.25, 0.3) is 6.05 Å². The van der Waals surface area contributed by atoms with E-state index in [9.17, 15) is 5.11 Å². The second kappa shape index (κ2) is 4.41. The number of aliphatic hydroxyl groups excluding tert-OH is 1. The van der Waals surface area contributed by atoms with Gasteiger partial charge in [0.1, 0.15) is 0 Å². The van der Waals surface area contributed by atoms with Crippen molar-refractivity contribution in [2.24, 2.45) is 5.41 Å². The van der Waals surface area contributed by atoms with Crippen LogP contribution >= 0.6 is 0 Å². The zero-order valence-electron chi connectivity index (χ0n) is 17.3. The third-order valence-corrected chi connectivity index (χ3v) is 2.27. The van der Waals surface area contributed by atoms with Crippen molar-refractivity contribution >= 4 is 6.05 Å². The van der Waals surface area contributed by atoms with Crippen LogP contribution in [0.2, 0.25) is 0 Å². The summed E-state index contributed by atoms with van der Waals surface area (Å²) in [5.41, 5.74) is -2.42. The first-order valence-electron chi connectivity index (χ1n) is 9.06. The average Bonchev–Trinajstić information content (AvgIpc) is 2.97. The van der Waals surface area contributed by atoms with E-state index < -0.39 is 37.3 Å². The maximum Gasteiger partial charge on any atom is 0.231 e. The van der Waals surface area contributed by atoms with Gasteiger partial charge in [0.2, 0.25) is 6.79 Å². The molecule has 1 aromatic rings. The van der Waals surface area contributed by atoms with Crippen molar-refractivity contribution in [1.82, 2.24) is 0 Å². The Kier molecular flexibility index (Phi) is 1.41. The summed E-state index contributed by atoms with van der Waals surface area (Å²) in [5, 5.41) is 10.4. The van der Waals surface area contributed by atoms with Crippen molar-refractivity contribution in [1.29, 1.82) is 0 Å². The van der Waals surface area contributed by atoms with Crippen LogP contribution < -0.4 is 9.47 Å². The number of benzene rings is 1. The van der Waals surface area contributed by atoms with E-state index in [-0.39, 0.29) is 12.4 Å². The molecule has 1 aromatic carbocycles. The zero-order valence-corrected chi connectivity index (χ0v) is 9.28. The van der Waals surface area contributed by atoms with E-state index in [2.05, 4.69) is 0 Å². The summed E-state index contributed by atoms with van der Waals surface area (Å²) in [7, 11) is 0. The van der Waals surface area contributed by atoms with Crippen LogP contribution in [0.4, 0.5) is 0 Å². The first-order chi connectivity index (χ1) is 11.3. The SMILES string of the molecule is [2H]/C(=C(/[2H])C(O)C(C)(C([2H])([2H])[2H])C([2H])([2H])[2H])c1ccc2c(c1)OCO2. The summed E-state index contributed by atoms with van der Waals surface area (Å²) in [4.78, 5) is 0. The highest BCUT2D eigenvalue weighted by Crippen LogP contribution is 2.33. The van der Waals surface area contributed by atoms with Crippen molar-refractivity contribution < 1.29 is 25.5 Å². The van der Waals surface area contributed by atoms with Gasteiger partial charge in [0.15, 0.2) is 11.5 Å². The third kappa shape index (κ3) is 2.80. The fraction of sp³-hybridized carbons (Fsp3) is 0.429. The minimum Gasteiger partial charge on any atom is -0.454 e. The second-order valence-electron chi connectivity index (χ2n) is 3.94. The number of fused-ring (bicyclic) bond motifs is 1. The normalized spacial score (nSPS) is 26.0. The molecule has 0 aliphatic carbocycles. The number of rotatable bonds is 2. The van der Waals surface area contributed by atoms with Crippen LogP contribution in [0.1, 0.15) is 37.2 Å². The van der Waals surface area contributed by atoms with Gasteiger partial charge in [-0.2, -0.15) is 0 Å². The fourth-order valence-electron chi connectivity index (χ4n) is 1.27. The minimum absolute atomic E-state index is 0.0162. The molecule has 3 nitrogen and oxygen atoms in total. The van der Waals surface area contributed by atoms with Gasteiger partial charge in [-0.3, -0.25) is 0 Å². The maximum atomic E-state index is 10.4. The molecular weight excluding hydrogens is 216 g/mol. The molecule has 1 unspecified atom stereocenters. The van der Waals surface area contributed by atoms with Gasteiger partial charge in [-0.1, -0.05) is 38.8 Å². The Morgan fingerprint density at radius 1 is 1.47 bits per heavy atom. The Bertz CT molecular complexity index is 678. The van der Waals surface area contributed by atoms with Gasteiger partial charge in [-0.05, 0) is 23.1 Å². The highest BCUT2D eigenvalue weighted by molar-refractivity contribution is 5.56. The lowest BCUT2D eigenvalue weighted by Gasteiger charge is -2.22. The molecule has 1 atom stereocenters. The first-order valence-corrected chi connectivity index (χ1v) is 5.06. The molecule has 17 heavy (non-hydrogen) atoms. The largest absolute Gasteiger partial charge is 0.454 e. The molecule has 0 saturated carbocycles. The Morgan fingerprint density at radius 3 is 3.00 bits per heavy atom. The van der Waals surface area contributed by atoms with E-state index in [0.717, 1.165) is 6.92 Å². The van der Waals surface area contributed by atoms with Crippen molar-refractivity contribution in [2.45, 2.75) is 26.7 Å². The van der Waals surface area contributed by atoms with Gasteiger partial charge in [0.05, 0.1) is 8.85 Å². The second-order valence-corrected chi connectivity index (χ2v) is 3.94. The van der Waals surface area contributed by atoms with Crippen molar-refractivity contribution in [3.05, 3.63) is 29.8 Å². The van der Waals surface area contributed by atoms with E-state index in [1.807, 2.05) is 0 Å². The molecule has 0 spiro atoms. The molecule has 0 saturated heterocycles. The highest BCUT2D eigenvalue weighted by atomic mass is 16.7. The molecular formula is C14H18O3. The molecule has 0 fully saturated rings. The molecule has 1 heterocycles. The van der Waals surface area contributed by atoms with E-state index in [1.54, 1.807) is 0 Å². The van der Waals surface area contributed by atoms with E-state index in [0.29, 0.717) is 11.5 Å². The van der Waals surface area contributed by atoms with Crippen LogP contribution in [0.3, 0.4) is 0 Å². The van der Waals surface area contributed by atoms with Gasteiger partial charge in [0.25, 0.3) is 0 Å². The van der Waals surface area contributed by atoms with E-state index >= 15 is 0 Å². The molecule has 0 amide bonds. The van der Waals surface area contributed by atoms with Gasteiger partial charge in [0, 0.05) is 8.22 Å². The summed E-state index contributed by atoms with van der Waals surface area (Å²) in [5.74, 6) is 0.803. The highest BCUT2D eigenvalue weighted by Gasteiger charge is 2.19. The molecule has 2 rings (SSSR count). The van der Waals surface area contributed by atoms with Crippen LogP contribution in [0.15, 0.2) is 24.3 Å². The molecule has 3 heteroatoms. The third-order valence-electron chi connectivity index (χ3n) is 2.27. The van der Waals surface area contributed by atoms with Crippen LogP contribution in [0.5, 0.6) is 11.5 Å². The number of aliphatic hydroxyl groups is 1. The van der Waals surface area contributed by atoms with Crippen LogP contribution in [-0.4, -0.2) is 18.0 Å². The van der Waals surface area contributed by atoms with Crippen LogP contribution in [0, 0.1) is 5.41 Å². The minimum atomic E-state index is -3.07. The predicted octanol–water partition coefficient (Wildman–Crippen LogP) is 2.84. The molecule has 0 aromatic heterocycles. The Labute approximate surface area is 113 Å². The lowest BCUT2D eigenvalue weighted by Crippen LogP contribution is -2.23. The van der Waals surface area contributed by atoms with Crippen LogP contribution in [-0.2, 0) is 0 Å². The maximum absolute atomic E-state index is 10.4. The van der Waals surface area contributed by atoms with Crippen molar-refractivity contribution in [3.8, 4) is 11.5 Å². The molecule has 1 N–H and O–H groups in total. The van der Waals surface area contributed by atoms with Gasteiger partial charge >= 0.3 is 0 Å². The molecule has 0 bridgehead atoms. The number of ether oxygens (including phenoxy) is 2. The quantitative estimate of drug-likeness (QED) is 0.866. The summed E-state index contributed by atoms with van der Waals surface area (Å²) in [6, 6.07) is 3.07. The fourth-order valence-corrected chi connectivity index (χ4v) is 1.27. The molecule has 92 valence electrons. The lowest BCUT2D eigenvalue weighted by molar-refractivity contribution is 0.106. The summed E-state index contributed by atoms with van der Waals surface area (Å²) < 4.78 is 71.5. The smallest absolute Gasteiger partial charge is 0.231 e. The predicted molar refractivity (Wildman–Crippen MR) is 67.1 cm³/mol. The van der Waals surface area contributed by atoms with Gasteiger partial charge in [-0.25, -0.2) is 0 Å². The average molecular weight is 242 g/mol. The number of hydrogen-bond acceptors (Lipinski definition) is 3. The molecule has 0 radical (unpaired) electrons. The Morgan fingerprint density at radius 2 is 2.24 bits per heavy atom. The topological polar surface area (TPSA) is 38.7 Å². The summed E-state index contributed by atoms with van der Waals surface area (Å²) in [6.45, 7) is -5.25. The Balaban J connectivity index is 2.49.